The van der Waals surface area contributed by atoms with Crippen molar-refractivity contribution >= 4 is 89.3 Å². The number of aliphatic hydroxyl groups excluding tert-OH is 1. The summed E-state index contributed by atoms with van der Waals surface area (Å²) in [6.07, 6.45) is 0.928. The molecule has 0 saturated carbocycles. The SMILES string of the molecule is CCOC(=O)/C=C(/C)O.CCOC(=O)C(I)C(C)=O.CCOC(=O)CC(C)=O.II. The highest BCUT2D eigenvalue weighted by Crippen LogP contribution is 2.03. The van der Waals surface area contributed by atoms with Crippen molar-refractivity contribution in [3.63, 3.8) is 0 Å². The second-order valence-corrected chi connectivity index (χ2v) is 6.19. The molecule has 0 radical (unpaired) electrons. The van der Waals surface area contributed by atoms with Gasteiger partial charge in [0.2, 0.25) is 0 Å². The molecule has 0 aromatic heterocycles. The Morgan fingerprint density at radius 3 is 1.60 bits per heavy atom. The highest BCUT2D eigenvalue weighted by Gasteiger charge is 2.19. The molecule has 0 saturated heterocycles. The molecule has 0 aliphatic heterocycles. The number of rotatable bonds is 8. The van der Waals surface area contributed by atoms with Crippen molar-refractivity contribution in [2.45, 2.75) is 51.9 Å². The zero-order valence-corrected chi connectivity index (χ0v) is 24.3. The molecule has 0 amide bonds. The first-order valence-corrected chi connectivity index (χ1v) is 16.1. The number of allylic oxidation sites excluding steroid dienone is 1. The molecule has 0 rings (SSSR count). The average molecular weight is 770 g/mol. The summed E-state index contributed by atoms with van der Waals surface area (Å²) in [5.41, 5.74) is 0. The van der Waals surface area contributed by atoms with Crippen molar-refractivity contribution in [3.8, 4) is 0 Å². The van der Waals surface area contributed by atoms with E-state index in [2.05, 4.69) is 51.4 Å². The van der Waals surface area contributed by atoms with E-state index in [-0.39, 0.29) is 23.7 Å². The van der Waals surface area contributed by atoms with Crippen LogP contribution in [0.3, 0.4) is 0 Å². The highest BCUT2D eigenvalue weighted by atomic mass is 128. The Labute approximate surface area is 214 Å². The maximum atomic E-state index is 10.7. The normalized spacial score (nSPS) is 10.2. The molecule has 0 aliphatic rings. The number of esters is 3. The quantitative estimate of drug-likeness (QED) is 0.0732. The van der Waals surface area contributed by atoms with Crippen LogP contribution in [-0.4, -0.2) is 58.3 Å². The van der Waals surface area contributed by atoms with Gasteiger partial charge in [-0.25, -0.2) is 4.79 Å². The van der Waals surface area contributed by atoms with Crippen molar-refractivity contribution in [3.05, 3.63) is 11.8 Å². The van der Waals surface area contributed by atoms with E-state index in [9.17, 15) is 24.0 Å². The monoisotopic (exact) mass is 770 g/mol. The first kappa shape index (κ1) is 36.8. The van der Waals surface area contributed by atoms with E-state index in [0.717, 1.165) is 6.08 Å². The van der Waals surface area contributed by atoms with Crippen LogP contribution in [0, 0.1) is 0 Å². The Morgan fingerprint density at radius 1 is 0.867 bits per heavy atom. The first-order chi connectivity index (χ1) is 13.9. The summed E-state index contributed by atoms with van der Waals surface area (Å²) in [5.74, 6) is -1.75. The summed E-state index contributed by atoms with van der Waals surface area (Å²) in [5, 5.41) is 8.51. The van der Waals surface area contributed by atoms with Gasteiger partial charge in [-0.15, -0.1) is 0 Å². The lowest BCUT2D eigenvalue weighted by atomic mass is 10.3. The van der Waals surface area contributed by atoms with E-state index >= 15 is 0 Å². The number of ketones is 2. The third-order valence-electron chi connectivity index (χ3n) is 2.16. The maximum absolute atomic E-state index is 10.7. The summed E-state index contributed by atoms with van der Waals surface area (Å²) < 4.78 is 12.9. The molecule has 1 atom stereocenters. The molecule has 0 fully saturated rings. The van der Waals surface area contributed by atoms with Gasteiger partial charge in [-0.05, 0) is 41.5 Å². The molecule has 176 valence electrons. The van der Waals surface area contributed by atoms with E-state index < -0.39 is 21.8 Å². The Bertz CT molecular complexity index is 545. The summed E-state index contributed by atoms with van der Waals surface area (Å²) in [6, 6.07) is 0. The van der Waals surface area contributed by atoms with Crippen molar-refractivity contribution < 1.29 is 43.3 Å². The van der Waals surface area contributed by atoms with Gasteiger partial charge in [-0.2, -0.15) is 0 Å². The number of ether oxygens (including phenoxy) is 3. The van der Waals surface area contributed by atoms with Crippen LogP contribution < -0.4 is 0 Å². The van der Waals surface area contributed by atoms with Gasteiger partial charge in [0, 0.05) is 37.2 Å². The minimum absolute atomic E-state index is 0.0338. The maximum Gasteiger partial charge on any atom is 0.334 e. The number of aliphatic hydroxyl groups is 1. The van der Waals surface area contributed by atoms with Gasteiger partial charge in [0.25, 0.3) is 0 Å². The largest absolute Gasteiger partial charge is 0.512 e. The molecular formula is C18H29I3O9. The fourth-order valence-corrected chi connectivity index (χ4v) is 1.33. The van der Waals surface area contributed by atoms with Crippen LogP contribution in [0.2, 0.25) is 0 Å². The molecule has 1 unspecified atom stereocenters. The van der Waals surface area contributed by atoms with E-state index in [1.807, 2.05) is 0 Å². The van der Waals surface area contributed by atoms with Crippen molar-refractivity contribution in [1.29, 1.82) is 0 Å². The lowest BCUT2D eigenvalue weighted by molar-refractivity contribution is -0.146. The van der Waals surface area contributed by atoms with Crippen molar-refractivity contribution in [2.24, 2.45) is 0 Å². The Balaban J connectivity index is -0.000000162. The predicted octanol–water partition coefficient (Wildman–Crippen LogP) is 4.25. The van der Waals surface area contributed by atoms with Crippen LogP contribution in [0.4, 0.5) is 0 Å². The van der Waals surface area contributed by atoms with Crippen LogP contribution in [0.5, 0.6) is 0 Å². The van der Waals surface area contributed by atoms with Gasteiger partial charge >= 0.3 is 17.9 Å². The second kappa shape index (κ2) is 26.5. The third kappa shape index (κ3) is 32.2. The van der Waals surface area contributed by atoms with Crippen LogP contribution in [0.1, 0.15) is 48.0 Å². The number of carbonyl (C=O) groups is 5. The first-order valence-electron chi connectivity index (χ1n) is 8.57. The molecule has 0 spiro atoms. The highest BCUT2D eigenvalue weighted by molar-refractivity contribution is 15.0. The standard InChI is InChI=1S/C6H9IO3.2C6H10O3.I2/c1-3-10-6(9)5(7)4(2)8;2*1-3-9-6(8)4-5(2)7;1-2/h5H,3H2,1-2H3;3-4H2,1-2H3;4,7H,3H2,1-2H3;/b;;5-4-;. The Hall–Kier alpha value is -0.520. The Kier molecular flexibility index (Phi) is 32.6. The molecule has 1 N–H and O–H groups in total. The summed E-state index contributed by atoms with van der Waals surface area (Å²) >= 11 is 6.00. The molecule has 12 heteroatoms. The van der Waals surface area contributed by atoms with Crippen LogP contribution >= 0.6 is 59.8 Å². The van der Waals surface area contributed by atoms with E-state index in [4.69, 9.17) is 5.11 Å². The van der Waals surface area contributed by atoms with Crippen LogP contribution in [0.15, 0.2) is 11.8 Å². The molecule has 0 aromatic rings. The third-order valence-corrected chi connectivity index (χ3v) is 3.55. The smallest absolute Gasteiger partial charge is 0.334 e. The average Bonchev–Trinajstić information content (AvgIpc) is 2.63. The minimum Gasteiger partial charge on any atom is -0.512 e. The van der Waals surface area contributed by atoms with E-state index in [1.54, 1.807) is 43.4 Å². The number of hydrogen-bond acceptors (Lipinski definition) is 9. The zero-order chi connectivity index (χ0) is 24.7. The fourth-order valence-electron chi connectivity index (χ4n) is 1.15. The van der Waals surface area contributed by atoms with Gasteiger partial charge in [-0.3, -0.25) is 19.2 Å². The summed E-state index contributed by atoms with van der Waals surface area (Å²) in [6.45, 7) is 10.3. The number of hydrogen-bond donors (Lipinski definition) is 1. The minimum atomic E-state index is -0.641. The van der Waals surface area contributed by atoms with Crippen molar-refractivity contribution in [2.75, 3.05) is 19.8 Å². The lowest BCUT2D eigenvalue weighted by Gasteiger charge is -2.03. The molecule has 9 nitrogen and oxygen atoms in total. The molecule has 0 aliphatic carbocycles. The van der Waals surface area contributed by atoms with Gasteiger partial charge in [0.15, 0.2) is 9.71 Å². The summed E-state index contributed by atoms with van der Waals surface area (Å²) in [4.78, 5) is 52.3. The molecule has 0 aromatic carbocycles. The summed E-state index contributed by atoms with van der Waals surface area (Å²) in [7, 11) is 0. The Morgan fingerprint density at radius 2 is 1.30 bits per heavy atom. The number of alkyl halides is 1. The number of carbonyl (C=O) groups excluding carboxylic acids is 5. The van der Waals surface area contributed by atoms with Crippen LogP contribution in [0.25, 0.3) is 0 Å². The topological polar surface area (TPSA) is 133 Å². The predicted molar refractivity (Wildman–Crippen MR) is 138 cm³/mol. The van der Waals surface area contributed by atoms with Gasteiger partial charge in [-0.1, -0.05) is 22.6 Å². The number of Topliss-reactive ketones (excluding diaryl/α,β-unsaturated/α-hetero) is 2. The van der Waals surface area contributed by atoms with Gasteiger partial charge in [0.05, 0.1) is 31.7 Å². The lowest BCUT2D eigenvalue weighted by Crippen LogP contribution is -2.23. The van der Waals surface area contributed by atoms with Gasteiger partial charge < -0.3 is 19.3 Å². The van der Waals surface area contributed by atoms with E-state index in [1.165, 1.54) is 20.8 Å². The fraction of sp³-hybridized carbons (Fsp3) is 0.611. The zero-order valence-electron chi connectivity index (χ0n) is 17.8. The van der Waals surface area contributed by atoms with Gasteiger partial charge in [0.1, 0.15) is 12.2 Å². The second-order valence-electron chi connectivity index (χ2n) is 4.95. The molecule has 0 heterocycles. The van der Waals surface area contributed by atoms with E-state index in [0.29, 0.717) is 19.8 Å². The molecule has 0 bridgehead atoms. The van der Waals surface area contributed by atoms with Crippen molar-refractivity contribution in [1.82, 2.24) is 0 Å². The van der Waals surface area contributed by atoms with Crippen LogP contribution in [-0.2, 0) is 38.2 Å². The molecular weight excluding hydrogens is 741 g/mol. The number of halogens is 3. The molecule has 30 heavy (non-hydrogen) atoms.